The van der Waals surface area contributed by atoms with E-state index in [9.17, 15) is 13.2 Å². The molecule has 1 aromatic heterocycles. The van der Waals surface area contributed by atoms with E-state index < -0.39 is 10.0 Å². The molecule has 0 radical (unpaired) electrons. The summed E-state index contributed by atoms with van der Waals surface area (Å²) in [6.45, 7) is 3.99. The van der Waals surface area contributed by atoms with Crippen molar-refractivity contribution in [1.29, 1.82) is 0 Å². The van der Waals surface area contributed by atoms with E-state index in [0.29, 0.717) is 40.4 Å². The van der Waals surface area contributed by atoms with Gasteiger partial charge in [0.15, 0.2) is 0 Å². The van der Waals surface area contributed by atoms with Crippen molar-refractivity contribution in [3.05, 3.63) is 83.2 Å². The molecular formula is C32H38N4O5S. The number of benzene rings is 3. The number of amides is 1. The lowest BCUT2D eigenvalue weighted by Crippen LogP contribution is -2.39. The number of hydrogen-bond donors (Lipinski definition) is 1. The first-order chi connectivity index (χ1) is 20.2. The van der Waals surface area contributed by atoms with Crippen LogP contribution >= 0.6 is 0 Å². The third kappa shape index (κ3) is 6.35. The van der Waals surface area contributed by atoms with Gasteiger partial charge in [-0.3, -0.25) is 4.79 Å². The van der Waals surface area contributed by atoms with E-state index in [1.54, 1.807) is 33.1 Å². The number of hydrogen-bond acceptors (Lipinski definition) is 6. The van der Waals surface area contributed by atoms with Crippen LogP contribution in [0, 0.1) is 13.8 Å². The van der Waals surface area contributed by atoms with Crippen molar-refractivity contribution >= 4 is 32.7 Å². The lowest BCUT2D eigenvalue weighted by molar-refractivity contribution is -0.120. The van der Waals surface area contributed by atoms with Gasteiger partial charge in [-0.05, 0) is 86.2 Å². The van der Waals surface area contributed by atoms with Crippen LogP contribution in [0.15, 0.2) is 65.6 Å². The molecule has 2 heterocycles. The van der Waals surface area contributed by atoms with Crippen LogP contribution in [0.3, 0.4) is 0 Å². The third-order valence-corrected chi connectivity index (χ3v) is 10.1. The molecule has 0 spiro atoms. The summed E-state index contributed by atoms with van der Waals surface area (Å²) in [5, 5.41) is 2.86. The predicted octanol–water partition coefficient (Wildman–Crippen LogP) is 4.79. The number of carbonyl (C=O) groups is 1. The van der Waals surface area contributed by atoms with Gasteiger partial charge >= 0.3 is 0 Å². The minimum atomic E-state index is -3.72. The number of carbonyl (C=O) groups excluding carboxylic acids is 1. The Bertz CT molecular complexity index is 1660. The van der Waals surface area contributed by atoms with Crippen LogP contribution in [0.2, 0.25) is 0 Å². The molecule has 1 atom stereocenters. The van der Waals surface area contributed by atoms with Crippen LogP contribution in [0.1, 0.15) is 35.4 Å². The molecule has 5 rings (SSSR count). The van der Waals surface area contributed by atoms with Gasteiger partial charge in [-0.1, -0.05) is 24.3 Å². The highest BCUT2D eigenvalue weighted by Crippen LogP contribution is 2.32. The molecule has 42 heavy (non-hydrogen) atoms. The number of fused-ring (bicyclic) bond motifs is 1. The van der Waals surface area contributed by atoms with Gasteiger partial charge in [0.2, 0.25) is 15.9 Å². The van der Waals surface area contributed by atoms with Crippen LogP contribution in [0.4, 0.5) is 5.69 Å². The zero-order valence-electron chi connectivity index (χ0n) is 24.6. The summed E-state index contributed by atoms with van der Waals surface area (Å²) in [4.78, 5) is 17.6. The Morgan fingerprint density at radius 1 is 1.05 bits per heavy atom. The number of rotatable bonds is 11. The van der Waals surface area contributed by atoms with Crippen molar-refractivity contribution in [2.75, 3.05) is 32.2 Å². The first-order valence-corrected chi connectivity index (χ1v) is 15.7. The molecule has 1 aliphatic heterocycles. The van der Waals surface area contributed by atoms with E-state index in [4.69, 9.17) is 14.5 Å². The molecule has 1 saturated heterocycles. The van der Waals surface area contributed by atoms with Gasteiger partial charge in [-0.15, -0.1) is 0 Å². The first kappa shape index (κ1) is 29.8. The molecular weight excluding hydrogens is 552 g/mol. The Balaban J connectivity index is 1.11. The zero-order chi connectivity index (χ0) is 29.9. The SMILES string of the molecule is COc1cc(C)c(S(=O)(=O)N2CCCC2COCC(=O)Nc2ccc(CCc3nc4ccccc4n3C)cc2)c(C)c1. The van der Waals surface area contributed by atoms with Crippen LogP contribution in [0.25, 0.3) is 11.0 Å². The van der Waals surface area contributed by atoms with Crippen LogP contribution < -0.4 is 10.1 Å². The van der Waals surface area contributed by atoms with E-state index in [1.807, 2.05) is 49.5 Å². The second kappa shape index (κ2) is 12.6. The summed E-state index contributed by atoms with van der Waals surface area (Å²) in [5.74, 6) is 1.38. The quantitative estimate of drug-likeness (QED) is 0.270. The summed E-state index contributed by atoms with van der Waals surface area (Å²) < 4.78 is 41.8. The number of sulfonamides is 1. The molecule has 10 heteroatoms. The lowest BCUT2D eigenvalue weighted by Gasteiger charge is -2.26. The lowest BCUT2D eigenvalue weighted by atomic mass is 10.1. The smallest absolute Gasteiger partial charge is 0.250 e. The summed E-state index contributed by atoms with van der Waals surface area (Å²) in [5.41, 5.74) is 5.26. The van der Waals surface area contributed by atoms with Crippen molar-refractivity contribution in [2.45, 2.75) is 50.5 Å². The van der Waals surface area contributed by atoms with E-state index in [-0.39, 0.29) is 25.2 Å². The molecule has 1 amide bonds. The maximum absolute atomic E-state index is 13.6. The number of imidazole rings is 1. The molecule has 0 bridgehead atoms. The van der Waals surface area contributed by atoms with Crippen LogP contribution in [0.5, 0.6) is 5.75 Å². The van der Waals surface area contributed by atoms with Crippen LogP contribution in [-0.4, -0.2) is 61.1 Å². The summed E-state index contributed by atoms with van der Waals surface area (Å²) in [7, 11) is -0.115. The Kier molecular flexibility index (Phi) is 8.96. The first-order valence-electron chi connectivity index (χ1n) is 14.2. The topological polar surface area (TPSA) is 103 Å². The number of para-hydroxylation sites is 2. The number of anilines is 1. The normalized spacial score (nSPS) is 15.8. The minimum Gasteiger partial charge on any atom is -0.497 e. The maximum atomic E-state index is 13.6. The fraction of sp³-hybridized carbons (Fsp3) is 0.375. The molecule has 0 saturated carbocycles. The van der Waals surface area contributed by atoms with E-state index in [0.717, 1.165) is 41.7 Å². The Labute approximate surface area is 247 Å². The zero-order valence-corrected chi connectivity index (χ0v) is 25.4. The summed E-state index contributed by atoms with van der Waals surface area (Å²) >= 11 is 0. The highest BCUT2D eigenvalue weighted by molar-refractivity contribution is 7.89. The molecule has 1 fully saturated rings. The molecule has 1 unspecified atom stereocenters. The Morgan fingerprint density at radius 2 is 1.76 bits per heavy atom. The highest BCUT2D eigenvalue weighted by atomic mass is 32.2. The number of aromatic nitrogens is 2. The molecule has 1 aliphatic rings. The van der Waals surface area contributed by atoms with Gasteiger partial charge in [-0.2, -0.15) is 4.31 Å². The van der Waals surface area contributed by atoms with Gasteiger partial charge in [0, 0.05) is 31.7 Å². The van der Waals surface area contributed by atoms with Crippen LogP contribution in [-0.2, 0) is 39.4 Å². The second-order valence-corrected chi connectivity index (χ2v) is 12.7. The molecule has 222 valence electrons. The fourth-order valence-electron chi connectivity index (χ4n) is 5.76. The van der Waals surface area contributed by atoms with Gasteiger partial charge in [0.25, 0.3) is 0 Å². The number of ether oxygens (including phenoxy) is 2. The van der Waals surface area contributed by atoms with Crippen molar-refractivity contribution in [2.24, 2.45) is 7.05 Å². The van der Waals surface area contributed by atoms with E-state index in [1.165, 1.54) is 4.31 Å². The maximum Gasteiger partial charge on any atom is 0.250 e. The predicted molar refractivity (Wildman–Crippen MR) is 163 cm³/mol. The van der Waals surface area contributed by atoms with Crippen molar-refractivity contribution in [3.8, 4) is 5.75 Å². The van der Waals surface area contributed by atoms with Gasteiger partial charge in [0.05, 0.1) is 29.6 Å². The number of methoxy groups -OCH3 is 1. The molecule has 4 aromatic rings. The Hall–Kier alpha value is -3.73. The second-order valence-electron chi connectivity index (χ2n) is 10.8. The Morgan fingerprint density at radius 3 is 2.45 bits per heavy atom. The molecule has 3 aromatic carbocycles. The number of nitrogens with zero attached hydrogens (tertiary/aromatic N) is 3. The molecule has 1 N–H and O–H groups in total. The van der Waals surface area contributed by atoms with Gasteiger partial charge in [-0.25, -0.2) is 13.4 Å². The van der Waals surface area contributed by atoms with Gasteiger partial charge < -0.3 is 19.4 Å². The average Bonchev–Trinajstić information content (AvgIpc) is 3.57. The largest absolute Gasteiger partial charge is 0.497 e. The summed E-state index contributed by atoms with van der Waals surface area (Å²) in [6.07, 6.45) is 3.09. The fourth-order valence-corrected chi connectivity index (χ4v) is 7.85. The average molecular weight is 591 g/mol. The number of aryl methyl sites for hydroxylation is 5. The number of nitrogens with one attached hydrogen (secondary N) is 1. The van der Waals surface area contributed by atoms with Crippen molar-refractivity contribution in [3.63, 3.8) is 0 Å². The van der Waals surface area contributed by atoms with E-state index >= 15 is 0 Å². The summed E-state index contributed by atoms with van der Waals surface area (Å²) in [6, 6.07) is 19.0. The highest BCUT2D eigenvalue weighted by Gasteiger charge is 2.37. The molecule has 9 nitrogen and oxygen atoms in total. The molecule has 0 aliphatic carbocycles. The third-order valence-electron chi connectivity index (χ3n) is 7.86. The minimum absolute atomic E-state index is 0.153. The standard InChI is InChI=1S/C32H38N4O5S/c1-22-18-27(40-4)19-23(2)32(22)42(38,39)36-17-7-8-26(36)20-41-21-31(37)33-25-14-11-24(12-15-25)13-16-30-34-28-9-5-6-10-29(28)35(30)3/h5-6,9-12,14-15,18-19,26H,7-8,13,16-17,20-21H2,1-4H3,(H,33,37). The van der Waals surface area contributed by atoms with Crippen molar-refractivity contribution in [1.82, 2.24) is 13.9 Å². The van der Waals surface area contributed by atoms with E-state index in [2.05, 4.69) is 16.0 Å². The van der Waals surface area contributed by atoms with Crippen molar-refractivity contribution < 1.29 is 22.7 Å². The van der Waals surface area contributed by atoms with Gasteiger partial charge in [0.1, 0.15) is 18.2 Å². The monoisotopic (exact) mass is 590 g/mol.